The molecule has 5 rings (SSSR count). The van der Waals surface area contributed by atoms with E-state index in [0.717, 1.165) is 12.8 Å². The van der Waals surface area contributed by atoms with Gasteiger partial charge in [0.15, 0.2) is 6.10 Å². The molecule has 2 bridgehead atoms. The molecular formula is C20H24O5. The van der Waals surface area contributed by atoms with Crippen LogP contribution < -0.4 is 0 Å². The number of carbonyl (C=O) groups excluding carboxylic acids is 3. The number of hydrogen-bond acceptors (Lipinski definition) is 5. The second-order valence-electron chi connectivity index (χ2n) is 8.85. The minimum Gasteiger partial charge on any atom is -0.454 e. The van der Waals surface area contributed by atoms with Gasteiger partial charge in [0, 0.05) is 22.6 Å². The molecular weight excluding hydrogens is 320 g/mol. The predicted octanol–water partition coefficient (Wildman–Crippen LogP) is 2.13. The van der Waals surface area contributed by atoms with Crippen LogP contribution in [0.3, 0.4) is 0 Å². The lowest BCUT2D eigenvalue weighted by Crippen LogP contribution is -2.68. The molecule has 2 heterocycles. The van der Waals surface area contributed by atoms with E-state index in [1.165, 1.54) is 0 Å². The van der Waals surface area contributed by atoms with Crippen molar-refractivity contribution in [3.8, 4) is 0 Å². The maximum atomic E-state index is 13.0. The fraction of sp³-hybridized carbons (Fsp3) is 0.650. The monoisotopic (exact) mass is 344 g/mol. The molecule has 1 spiro atoms. The van der Waals surface area contributed by atoms with Gasteiger partial charge in [-0.1, -0.05) is 34.1 Å². The lowest BCUT2D eigenvalue weighted by Gasteiger charge is -2.61. The van der Waals surface area contributed by atoms with E-state index < -0.39 is 41.1 Å². The second kappa shape index (κ2) is 4.91. The van der Waals surface area contributed by atoms with Crippen molar-refractivity contribution in [2.75, 3.05) is 0 Å². The molecule has 1 saturated heterocycles. The zero-order chi connectivity index (χ0) is 18.3. The number of carbonyl (C=O) groups is 3. The van der Waals surface area contributed by atoms with Gasteiger partial charge in [0.05, 0.1) is 6.10 Å². The van der Waals surface area contributed by atoms with Gasteiger partial charge in [0.25, 0.3) is 0 Å². The van der Waals surface area contributed by atoms with E-state index >= 15 is 0 Å². The number of esters is 1. The van der Waals surface area contributed by atoms with Gasteiger partial charge >= 0.3 is 5.97 Å². The zero-order valence-corrected chi connectivity index (χ0v) is 15.1. The van der Waals surface area contributed by atoms with Crippen LogP contribution in [0.5, 0.6) is 0 Å². The van der Waals surface area contributed by atoms with Crippen molar-refractivity contribution >= 4 is 17.5 Å². The molecule has 5 heteroatoms. The van der Waals surface area contributed by atoms with Crippen LogP contribution in [0.4, 0.5) is 0 Å². The summed E-state index contributed by atoms with van der Waals surface area (Å²) >= 11 is 0. The quantitative estimate of drug-likeness (QED) is 0.448. The molecule has 25 heavy (non-hydrogen) atoms. The number of allylic oxidation sites excluding steroid dienone is 1. The first-order valence-electron chi connectivity index (χ1n) is 9.07. The minimum absolute atomic E-state index is 0.102. The van der Waals surface area contributed by atoms with E-state index in [1.54, 1.807) is 6.08 Å². The van der Waals surface area contributed by atoms with Gasteiger partial charge in [0.2, 0.25) is 11.6 Å². The number of ether oxygens (including phenoxy) is 1. The van der Waals surface area contributed by atoms with Crippen LogP contribution in [0.1, 0.15) is 47.0 Å². The lowest BCUT2D eigenvalue weighted by molar-refractivity contribution is -0.214. The van der Waals surface area contributed by atoms with Crippen molar-refractivity contribution in [1.29, 1.82) is 0 Å². The summed E-state index contributed by atoms with van der Waals surface area (Å²) in [5.41, 5.74) is -0.195. The van der Waals surface area contributed by atoms with Crippen molar-refractivity contribution in [1.82, 2.24) is 0 Å². The van der Waals surface area contributed by atoms with Gasteiger partial charge in [-0.15, -0.1) is 0 Å². The number of fused-ring (bicyclic) bond motifs is 1. The van der Waals surface area contributed by atoms with E-state index in [1.807, 2.05) is 27.7 Å². The van der Waals surface area contributed by atoms with E-state index in [0.29, 0.717) is 23.1 Å². The fourth-order valence-electron chi connectivity index (χ4n) is 5.67. The average molecular weight is 344 g/mol. The molecule has 4 atom stereocenters. The first-order chi connectivity index (χ1) is 11.6. The molecule has 0 aromatic heterocycles. The Kier molecular flexibility index (Phi) is 3.28. The van der Waals surface area contributed by atoms with Gasteiger partial charge in [-0.2, -0.15) is 0 Å². The number of rotatable bonds is 1. The van der Waals surface area contributed by atoms with Gasteiger partial charge in [-0.25, -0.2) is 0 Å². The molecule has 3 aliphatic carbocycles. The summed E-state index contributed by atoms with van der Waals surface area (Å²) in [6.45, 7) is 7.77. The van der Waals surface area contributed by atoms with E-state index in [4.69, 9.17) is 4.74 Å². The largest absolute Gasteiger partial charge is 0.454 e. The first-order valence-corrected chi connectivity index (χ1v) is 9.07. The van der Waals surface area contributed by atoms with Crippen LogP contribution in [-0.4, -0.2) is 34.9 Å². The van der Waals surface area contributed by atoms with Crippen LogP contribution in [-0.2, 0) is 19.1 Å². The third-order valence-electron chi connectivity index (χ3n) is 6.68. The van der Waals surface area contributed by atoms with Gasteiger partial charge in [-0.3, -0.25) is 14.4 Å². The summed E-state index contributed by atoms with van der Waals surface area (Å²) in [6.07, 6.45) is 2.08. The highest BCUT2D eigenvalue weighted by atomic mass is 16.6. The molecule has 134 valence electrons. The summed E-state index contributed by atoms with van der Waals surface area (Å²) in [5, 5.41) is 11.0. The molecule has 0 aromatic rings. The summed E-state index contributed by atoms with van der Waals surface area (Å²) < 4.78 is 5.58. The van der Waals surface area contributed by atoms with E-state index in [9.17, 15) is 19.5 Å². The topological polar surface area (TPSA) is 80.7 Å². The second-order valence-corrected chi connectivity index (χ2v) is 8.85. The highest BCUT2D eigenvalue weighted by Gasteiger charge is 2.70. The third kappa shape index (κ3) is 1.85. The Morgan fingerprint density at radius 3 is 2.48 bits per heavy atom. The van der Waals surface area contributed by atoms with Gasteiger partial charge < -0.3 is 9.84 Å². The molecule has 2 fully saturated rings. The molecule has 0 unspecified atom stereocenters. The number of aliphatic hydroxyl groups excluding tert-OH is 1. The molecule has 1 N–H and O–H groups in total. The molecule has 5 nitrogen and oxygen atoms in total. The normalized spacial score (nSPS) is 39.2. The molecule has 1 saturated carbocycles. The Bertz CT molecular complexity index is 769. The highest BCUT2D eigenvalue weighted by Crippen LogP contribution is 2.64. The van der Waals surface area contributed by atoms with Crippen LogP contribution in [0.25, 0.3) is 0 Å². The molecule has 2 aliphatic heterocycles. The molecule has 5 aliphatic rings. The maximum absolute atomic E-state index is 13.0. The summed E-state index contributed by atoms with van der Waals surface area (Å²) in [5.74, 6) is -2.03. The maximum Gasteiger partial charge on any atom is 0.317 e. The van der Waals surface area contributed by atoms with Crippen molar-refractivity contribution in [3.63, 3.8) is 0 Å². The Labute approximate surface area is 147 Å². The van der Waals surface area contributed by atoms with Gasteiger partial charge in [-0.05, 0) is 30.3 Å². The van der Waals surface area contributed by atoms with Crippen LogP contribution >= 0.6 is 0 Å². The van der Waals surface area contributed by atoms with Crippen LogP contribution in [0.15, 0.2) is 22.8 Å². The molecule has 0 amide bonds. The van der Waals surface area contributed by atoms with E-state index in [2.05, 4.69) is 0 Å². The van der Waals surface area contributed by atoms with Crippen LogP contribution in [0, 0.1) is 22.7 Å². The first kappa shape index (κ1) is 16.7. The number of hydrogen-bond donors (Lipinski definition) is 1. The molecule has 0 aromatic carbocycles. The van der Waals surface area contributed by atoms with Crippen molar-refractivity contribution in [3.05, 3.63) is 22.8 Å². The van der Waals surface area contributed by atoms with Crippen LogP contribution in [0.2, 0.25) is 0 Å². The number of aliphatic hydroxyl groups is 1. The summed E-state index contributed by atoms with van der Waals surface area (Å²) in [7, 11) is 0. The Hall–Kier alpha value is -1.75. The number of ketones is 2. The third-order valence-corrected chi connectivity index (χ3v) is 6.68. The minimum atomic E-state index is -1.18. The fourth-order valence-corrected chi connectivity index (χ4v) is 5.67. The van der Waals surface area contributed by atoms with Crippen molar-refractivity contribution in [2.24, 2.45) is 22.7 Å². The smallest absolute Gasteiger partial charge is 0.317 e. The summed E-state index contributed by atoms with van der Waals surface area (Å²) in [6, 6.07) is 0. The Balaban J connectivity index is 2.02. The summed E-state index contributed by atoms with van der Waals surface area (Å²) in [4.78, 5) is 38.6. The lowest BCUT2D eigenvalue weighted by atomic mass is 9.45. The number of Topliss-reactive ketones (excluding diaryl/α,β-unsaturated/α-hetero) is 2. The predicted molar refractivity (Wildman–Crippen MR) is 89.4 cm³/mol. The van der Waals surface area contributed by atoms with Crippen molar-refractivity contribution in [2.45, 2.75) is 59.2 Å². The average Bonchev–Trinajstić information content (AvgIpc) is 2.51. The van der Waals surface area contributed by atoms with Gasteiger partial charge in [0.1, 0.15) is 5.41 Å². The van der Waals surface area contributed by atoms with E-state index in [-0.39, 0.29) is 11.3 Å². The SMILES string of the molecule is CC(C)C1=CC2=C(C(=O)C1=O)[C@@]13CCCC(C)(C)[C@@H]1[C@@H](O)[C@@H]2OC3=O. The Morgan fingerprint density at radius 2 is 1.84 bits per heavy atom. The standard InChI is InChI=1S/C20H24O5/c1-9(2)10-8-11-12(14(22)13(10)21)20-7-5-6-19(3,4)17(20)15(23)16(11)25-18(20)24/h8-9,15-17,23H,5-7H2,1-4H3/t15-,16+,17-,20-/m0/s1. The Morgan fingerprint density at radius 1 is 1.16 bits per heavy atom. The molecule has 0 radical (unpaired) electrons. The highest BCUT2D eigenvalue weighted by molar-refractivity contribution is 6.51. The van der Waals surface area contributed by atoms with Crippen molar-refractivity contribution < 1.29 is 24.2 Å². The zero-order valence-electron chi connectivity index (χ0n) is 15.1.